The fourth-order valence-corrected chi connectivity index (χ4v) is 5.65. The first-order valence-corrected chi connectivity index (χ1v) is 13.6. The van der Waals surface area contributed by atoms with Crippen molar-refractivity contribution >= 4 is 32.7 Å². The van der Waals surface area contributed by atoms with Crippen molar-refractivity contribution in [3.63, 3.8) is 0 Å². The number of hydrogen-bond acceptors (Lipinski definition) is 4. The highest BCUT2D eigenvalue weighted by molar-refractivity contribution is 6.08. The Morgan fingerprint density at radius 1 is 0.488 bits per heavy atom. The highest BCUT2D eigenvalue weighted by Crippen LogP contribution is 2.32. The summed E-state index contributed by atoms with van der Waals surface area (Å²) >= 11 is 0. The van der Waals surface area contributed by atoms with Gasteiger partial charge in [-0.2, -0.15) is 0 Å². The Bertz CT molecular complexity index is 2150. The molecule has 0 spiro atoms. The summed E-state index contributed by atoms with van der Waals surface area (Å²) < 4.78 is 2.27. The lowest BCUT2D eigenvalue weighted by atomic mass is 10.1. The summed E-state index contributed by atoms with van der Waals surface area (Å²) in [4.78, 5) is 19.0. The van der Waals surface area contributed by atoms with Gasteiger partial charge >= 0.3 is 0 Å². The zero-order valence-electron chi connectivity index (χ0n) is 22.0. The molecule has 0 N–H and O–H groups in total. The van der Waals surface area contributed by atoms with Crippen LogP contribution < -0.4 is 0 Å². The molecule has 5 aromatic heterocycles. The summed E-state index contributed by atoms with van der Waals surface area (Å²) in [6, 6.07) is 41.5. The smallest absolute Gasteiger partial charge is 0.0893 e. The third-order valence-corrected chi connectivity index (χ3v) is 7.57. The van der Waals surface area contributed by atoms with Crippen molar-refractivity contribution in [2.75, 3.05) is 0 Å². The van der Waals surface area contributed by atoms with Gasteiger partial charge in [0.1, 0.15) is 0 Å². The van der Waals surface area contributed by atoms with Gasteiger partial charge in [0.25, 0.3) is 0 Å². The molecular formula is C36H23N5. The Kier molecular flexibility index (Phi) is 5.38. The van der Waals surface area contributed by atoms with E-state index in [-0.39, 0.29) is 0 Å². The van der Waals surface area contributed by atoms with Crippen LogP contribution in [-0.4, -0.2) is 24.5 Å². The number of fused-ring (bicyclic) bond motifs is 4. The molecule has 192 valence electrons. The van der Waals surface area contributed by atoms with Crippen molar-refractivity contribution in [2.24, 2.45) is 0 Å². The average molecular weight is 526 g/mol. The van der Waals surface area contributed by atoms with Crippen LogP contribution in [0.15, 0.2) is 140 Å². The van der Waals surface area contributed by atoms with Crippen LogP contribution in [-0.2, 0) is 0 Å². The fourth-order valence-electron chi connectivity index (χ4n) is 5.65. The van der Waals surface area contributed by atoms with Crippen molar-refractivity contribution in [2.45, 2.75) is 0 Å². The zero-order valence-corrected chi connectivity index (χ0v) is 22.0. The van der Waals surface area contributed by atoms with Gasteiger partial charge in [-0.25, -0.2) is 9.97 Å². The van der Waals surface area contributed by atoms with Crippen molar-refractivity contribution in [3.05, 3.63) is 140 Å². The summed E-state index contributed by atoms with van der Waals surface area (Å²) in [5.74, 6) is 0. The normalized spacial score (nSPS) is 11.4. The largest absolute Gasteiger partial charge is 0.308 e. The first-order chi connectivity index (χ1) is 20.3. The molecule has 0 aliphatic heterocycles. The van der Waals surface area contributed by atoms with E-state index in [4.69, 9.17) is 9.97 Å². The third-order valence-electron chi connectivity index (χ3n) is 7.57. The monoisotopic (exact) mass is 525 g/mol. The number of hydrogen-bond donors (Lipinski definition) is 0. The highest BCUT2D eigenvalue weighted by Gasteiger charge is 2.13. The standard InChI is InChI=1S/C36H23N5/c1-2-15-34-27(9-1)28-20-22-37-23-35(28)41(34)26-18-16-24(17-19-26)30-11-4-13-32(39-30)33-14-5-12-31(40-33)29-10-3-7-25-8-6-21-38-36(25)29/h1-23H. The van der Waals surface area contributed by atoms with E-state index >= 15 is 0 Å². The first kappa shape index (κ1) is 23.2. The number of nitrogens with zero attached hydrogens (tertiary/aromatic N) is 5. The molecular weight excluding hydrogens is 502 g/mol. The molecule has 5 heteroatoms. The molecule has 0 bridgehead atoms. The van der Waals surface area contributed by atoms with Crippen molar-refractivity contribution in [1.29, 1.82) is 0 Å². The van der Waals surface area contributed by atoms with Crippen LogP contribution in [0.4, 0.5) is 0 Å². The molecule has 0 aliphatic rings. The lowest BCUT2D eigenvalue weighted by Gasteiger charge is -2.10. The number of benzene rings is 3. The molecule has 5 heterocycles. The van der Waals surface area contributed by atoms with Crippen molar-refractivity contribution in [3.8, 4) is 39.6 Å². The van der Waals surface area contributed by atoms with Crippen LogP contribution in [0, 0.1) is 0 Å². The van der Waals surface area contributed by atoms with Gasteiger partial charge in [-0.05, 0) is 54.6 Å². The van der Waals surface area contributed by atoms with E-state index in [9.17, 15) is 0 Å². The maximum Gasteiger partial charge on any atom is 0.0893 e. The van der Waals surface area contributed by atoms with E-state index in [1.165, 1.54) is 10.8 Å². The molecule has 0 atom stereocenters. The molecule has 0 saturated carbocycles. The summed E-state index contributed by atoms with van der Waals surface area (Å²) in [5, 5.41) is 3.51. The minimum absolute atomic E-state index is 0.826. The predicted octanol–water partition coefficient (Wildman–Crippen LogP) is 8.52. The summed E-state index contributed by atoms with van der Waals surface area (Å²) in [6.07, 6.45) is 5.61. The zero-order chi connectivity index (χ0) is 27.2. The highest BCUT2D eigenvalue weighted by atomic mass is 15.0. The second-order valence-electron chi connectivity index (χ2n) is 9.99. The Morgan fingerprint density at radius 2 is 1.20 bits per heavy atom. The first-order valence-electron chi connectivity index (χ1n) is 13.6. The van der Waals surface area contributed by atoms with E-state index in [0.29, 0.717) is 0 Å². The Hall–Kier alpha value is -5.68. The summed E-state index contributed by atoms with van der Waals surface area (Å²) in [5.41, 5.74) is 9.77. The van der Waals surface area contributed by atoms with Crippen LogP contribution in [0.1, 0.15) is 0 Å². The van der Waals surface area contributed by atoms with Gasteiger partial charge in [0.15, 0.2) is 0 Å². The Morgan fingerprint density at radius 3 is 2.07 bits per heavy atom. The van der Waals surface area contributed by atoms with Crippen LogP contribution in [0.25, 0.3) is 72.3 Å². The molecule has 8 rings (SSSR count). The molecule has 41 heavy (non-hydrogen) atoms. The van der Waals surface area contributed by atoms with E-state index in [1.54, 1.807) is 0 Å². The van der Waals surface area contributed by atoms with Crippen LogP contribution in [0.5, 0.6) is 0 Å². The molecule has 0 aliphatic carbocycles. The van der Waals surface area contributed by atoms with E-state index < -0.39 is 0 Å². The van der Waals surface area contributed by atoms with E-state index in [2.05, 4.69) is 87.3 Å². The number of pyridine rings is 4. The molecule has 0 unspecified atom stereocenters. The van der Waals surface area contributed by atoms with Gasteiger partial charge in [-0.1, -0.05) is 66.7 Å². The van der Waals surface area contributed by atoms with Gasteiger partial charge < -0.3 is 4.57 Å². The van der Waals surface area contributed by atoms with Gasteiger partial charge in [0, 0.05) is 45.4 Å². The van der Waals surface area contributed by atoms with Gasteiger partial charge in [0.05, 0.1) is 45.5 Å². The topological polar surface area (TPSA) is 56.5 Å². The lowest BCUT2D eigenvalue weighted by Crippen LogP contribution is -1.95. The quantitative estimate of drug-likeness (QED) is 0.231. The number of aromatic nitrogens is 5. The van der Waals surface area contributed by atoms with Crippen LogP contribution in [0.2, 0.25) is 0 Å². The van der Waals surface area contributed by atoms with E-state index in [1.807, 2.05) is 67.1 Å². The van der Waals surface area contributed by atoms with Gasteiger partial charge in [-0.3, -0.25) is 9.97 Å². The third kappa shape index (κ3) is 3.95. The molecule has 8 aromatic rings. The Balaban J connectivity index is 1.16. The second kappa shape index (κ2) is 9.50. The van der Waals surface area contributed by atoms with E-state index in [0.717, 1.165) is 61.5 Å². The molecule has 0 amide bonds. The minimum atomic E-state index is 0.826. The SMILES string of the molecule is c1cc(-c2ccc(-n3c4ccccc4c4ccncc43)cc2)nc(-c2cccc(-c3cccc4cccnc34)n2)c1. The maximum absolute atomic E-state index is 5.01. The number of para-hydroxylation sites is 2. The van der Waals surface area contributed by atoms with Crippen LogP contribution in [0.3, 0.4) is 0 Å². The minimum Gasteiger partial charge on any atom is -0.308 e. The predicted molar refractivity (Wildman–Crippen MR) is 166 cm³/mol. The number of rotatable bonds is 4. The summed E-state index contributed by atoms with van der Waals surface area (Å²) in [7, 11) is 0. The molecule has 5 nitrogen and oxygen atoms in total. The van der Waals surface area contributed by atoms with Gasteiger partial charge in [-0.15, -0.1) is 0 Å². The van der Waals surface area contributed by atoms with Crippen molar-refractivity contribution < 1.29 is 0 Å². The molecule has 0 saturated heterocycles. The molecule has 0 fully saturated rings. The second-order valence-corrected chi connectivity index (χ2v) is 9.99. The van der Waals surface area contributed by atoms with Gasteiger partial charge in [0.2, 0.25) is 0 Å². The fraction of sp³-hybridized carbons (Fsp3) is 0. The molecule has 0 radical (unpaired) electrons. The average Bonchev–Trinajstić information content (AvgIpc) is 3.39. The van der Waals surface area contributed by atoms with Crippen molar-refractivity contribution in [1.82, 2.24) is 24.5 Å². The summed E-state index contributed by atoms with van der Waals surface area (Å²) in [6.45, 7) is 0. The van der Waals surface area contributed by atoms with Crippen LogP contribution >= 0.6 is 0 Å². The maximum atomic E-state index is 5.01. The lowest BCUT2D eigenvalue weighted by molar-refractivity contribution is 1.16. The Labute approximate surface area is 236 Å². The molecule has 3 aromatic carbocycles.